The molecule has 2 N–H and O–H groups in total. The second-order valence-corrected chi connectivity index (χ2v) is 7.32. The fraction of sp³-hybridized carbons (Fsp3) is 0.556. The van der Waals surface area contributed by atoms with Gasteiger partial charge in [-0.1, -0.05) is 0 Å². The summed E-state index contributed by atoms with van der Waals surface area (Å²) in [7, 11) is 0. The topological polar surface area (TPSA) is 113 Å². The molecule has 9 nitrogen and oxygen atoms in total. The van der Waals surface area contributed by atoms with Crippen LogP contribution in [0.15, 0.2) is 23.3 Å². The predicted molar refractivity (Wildman–Crippen MR) is 101 cm³/mol. The van der Waals surface area contributed by atoms with Gasteiger partial charge in [-0.3, -0.25) is 14.9 Å². The minimum Gasteiger partial charge on any atom is -0.381 e. The van der Waals surface area contributed by atoms with E-state index in [2.05, 4.69) is 20.2 Å². The Hall–Kier alpha value is -2.52. The lowest BCUT2D eigenvalue weighted by Gasteiger charge is -2.34. The van der Waals surface area contributed by atoms with Crippen molar-refractivity contribution >= 4 is 22.3 Å². The summed E-state index contributed by atoms with van der Waals surface area (Å²) in [6, 6.07) is 3.07. The van der Waals surface area contributed by atoms with Crippen molar-refractivity contribution in [3.63, 3.8) is 0 Å². The van der Waals surface area contributed by atoms with Crippen LogP contribution in [-0.2, 0) is 4.74 Å². The normalized spacial score (nSPS) is 21.6. The van der Waals surface area contributed by atoms with E-state index in [9.17, 15) is 14.9 Å². The summed E-state index contributed by atoms with van der Waals surface area (Å²) in [5.41, 5.74) is 0.407. The van der Waals surface area contributed by atoms with Gasteiger partial charge in [0.05, 0.1) is 28.8 Å². The van der Waals surface area contributed by atoms with E-state index < -0.39 is 4.92 Å². The molecule has 2 aliphatic rings. The zero-order chi connectivity index (χ0) is 18.8. The number of aromatic amines is 1. The van der Waals surface area contributed by atoms with E-state index in [1.54, 1.807) is 6.07 Å². The van der Waals surface area contributed by atoms with Crippen LogP contribution in [0, 0.1) is 16.0 Å². The Kier molecular flexibility index (Phi) is 5.04. The fourth-order valence-corrected chi connectivity index (χ4v) is 3.94. The van der Waals surface area contributed by atoms with Gasteiger partial charge in [0, 0.05) is 38.3 Å². The monoisotopic (exact) mass is 373 g/mol. The summed E-state index contributed by atoms with van der Waals surface area (Å²) < 4.78 is 5.44. The second-order valence-electron chi connectivity index (χ2n) is 7.32. The van der Waals surface area contributed by atoms with Gasteiger partial charge in [0.2, 0.25) is 0 Å². The molecule has 1 aromatic carbocycles. The highest BCUT2D eigenvalue weighted by Crippen LogP contribution is 2.30. The number of nitrogens with zero attached hydrogens (tertiary/aromatic N) is 3. The number of ether oxygens (including phenoxy) is 1. The molecule has 2 fully saturated rings. The van der Waals surface area contributed by atoms with Crippen LogP contribution in [0.25, 0.3) is 10.9 Å². The maximum absolute atomic E-state index is 11.9. The van der Waals surface area contributed by atoms with Crippen molar-refractivity contribution < 1.29 is 9.66 Å². The zero-order valence-corrected chi connectivity index (χ0v) is 15.0. The molecule has 0 amide bonds. The minimum absolute atomic E-state index is 0.0912. The van der Waals surface area contributed by atoms with Gasteiger partial charge in [-0.25, -0.2) is 4.98 Å². The quantitative estimate of drug-likeness (QED) is 0.606. The number of H-pyrrole nitrogens is 1. The van der Waals surface area contributed by atoms with Crippen LogP contribution in [0.1, 0.15) is 19.3 Å². The van der Waals surface area contributed by atoms with E-state index in [0.717, 1.165) is 52.1 Å². The van der Waals surface area contributed by atoms with Gasteiger partial charge >= 0.3 is 0 Å². The van der Waals surface area contributed by atoms with Crippen LogP contribution in [-0.4, -0.2) is 58.7 Å². The number of piperidine rings is 1. The molecular weight excluding hydrogens is 350 g/mol. The molecule has 1 atom stereocenters. The van der Waals surface area contributed by atoms with Crippen LogP contribution < -0.4 is 10.9 Å². The van der Waals surface area contributed by atoms with Gasteiger partial charge in [0.15, 0.2) is 0 Å². The van der Waals surface area contributed by atoms with Gasteiger partial charge in [-0.15, -0.1) is 0 Å². The van der Waals surface area contributed by atoms with Crippen LogP contribution in [0.2, 0.25) is 0 Å². The van der Waals surface area contributed by atoms with Crippen molar-refractivity contribution in [2.24, 2.45) is 5.92 Å². The lowest BCUT2D eigenvalue weighted by Crippen LogP contribution is -2.41. The maximum Gasteiger partial charge on any atom is 0.293 e. The van der Waals surface area contributed by atoms with Crippen molar-refractivity contribution in [3.8, 4) is 0 Å². The Morgan fingerprint density at radius 1 is 1.33 bits per heavy atom. The Bertz CT molecular complexity index is 885. The first kappa shape index (κ1) is 17.9. The molecule has 4 rings (SSSR count). The van der Waals surface area contributed by atoms with E-state index in [4.69, 9.17) is 4.74 Å². The molecule has 1 aromatic heterocycles. The van der Waals surface area contributed by atoms with E-state index in [1.165, 1.54) is 12.4 Å². The zero-order valence-electron chi connectivity index (χ0n) is 15.0. The first-order valence-electron chi connectivity index (χ1n) is 9.32. The molecule has 27 heavy (non-hydrogen) atoms. The summed E-state index contributed by atoms with van der Waals surface area (Å²) >= 11 is 0. The van der Waals surface area contributed by atoms with Gasteiger partial charge in [-0.05, 0) is 31.2 Å². The number of aromatic nitrogens is 2. The second kappa shape index (κ2) is 7.61. The van der Waals surface area contributed by atoms with E-state index >= 15 is 0 Å². The molecule has 0 spiro atoms. The summed E-state index contributed by atoms with van der Waals surface area (Å²) in [6.07, 6.45) is 4.29. The van der Waals surface area contributed by atoms with Crippen LogP contribution >= 0.6 is 0 Å². The number of likely N-dealkylation sites (tertiary alicyclic amines) is 1. The molecule has 144 valence electrons. The van der Waals surface area contributed by atoms with Gasteiger partial charge in [-0.2, -0.15) is 0 Å². The fourth-order valence-electron chi connectivity index (χ4n) is 3.94. The van der Waals surface area contributed by atoms with E-state index in [-0.39, 0.29) is 22.7 Å². The standard InChI is InChI=1S/C18H23N5O4/c24-18-14-7-17(23(25)26)16(8-15(14)19-11-20-18)21-13-1-4-22(5-2-13)9-12-3-6-27-10-12/h7-8,11-13,21H,1-6,9-10H2,(H,19,20,24). The number of nitrogens with one attached hydrogen (secondary N) is 2. The number of nitro groups is 1. The molecular formula is C18H23N5O4. The number of rotatable bonds is 5. The number of anilines is 1. The number of hydrogen-bond acceptors (Lipinski definition) is 7. The van der Waals surface area contributed by atoms with Crippen molar-refractivity contribution in [2.45, 2.75) is 25.3 Å². The summed E-state index contributed by atoms with van der Waals surface area (Å²) in [6.45, 7) is 4.72. The third-order valence-corrected chi connectivity index (χ3v) is 5.44. The number of hydrogen-bond donors (Lipinski definition) is 2. The third-order valence-electron chi connectivity index (χ3n) is 5.44. The number of fused-ring (bicyclic) bond motifs is 1. The molecule has 1 unspecified atom stereocenters. The van der Waals surface area contributed by atoms with Crippen molar-refractivity contribution in [1.82, 2.24) is 14.9 Å². The van der Waals surface area contributed by atoms with E-state index in [1.807, 2.05) is 0 Å². The molecule has 9 heteroatoms. The predicted octanol–water partition coefficient (Wildman–Crippen LogP) is 1.74. The minimum atomic E-state index is -0.455. The van der Waals surface area contributed by atoms with Gasteiger partial charge < -0.3 is 19.9 Å². The van der Waals surface area contributed by atoms with Crippen molar-refractivity contribution in [2.75, 3.05) is 38.2 Å². The molecule has 2 saturated heterocycles. The Balaban J connectivity index is 1.46. The smallest absolute Gasteiger partial charge is 0.293 e. The highest BCUT2D eigenvalue weighted by molar-refractivity contribution is 5.86. The maximum atomic E-state index is 11.9. The highest BCUT2D eigenvalue weighted by atomic mass is 16.6. The molecule has 2 aromatic rings. The lowest BCUT2D eigenvalue weighted by molar-refractivity contribution is -0.383. The third kappa shape index (κ3) is 3.93. The average molecular weight is 373 g/mol. The highest BCUT2D eigenvalue weighted by Gasteiger charge is 2.26. The molecule has 0 bridgehead atoms. The Morgan fingerprint density at radius 3 is 2.85 bits per heavy atom. The summed E-state index contributed by atoms with van der Waals surface area (Å²) in [4.78, 5) is 31.9. The van der Waals surface area contributed by atoms with Crippen LogP contribution in [0.3, 0.4) is 0 Å². The Morgan fingerprint density at radius 2 is 2.15 bits per heavy atom. The summed E-state index contributed by atoms with van der Waals surface area (Å²) in [5, 5.41) is 15.0. The molecule has 0 radical (unpaired) electrons. The lowest BCUT2D eigenvalue weighted by atomic mass is 10.0. The van der Waals surface area contributed by atoms with Gasteiger partial charge in [0.1, 0.15) is 5.69 Å². The first-order chi connectivity index (χ1) is 13.1. The van der Waals surface area contributed by atoms with Gasteiger partial charge in [0.25, 0.3) is 11.2 Å². The van der Waals surface area contributed by atoms with Crippen LogP contribution in [0.4, 0.5) is 11.4 Å². The molecule has 3 heterocycles. The molecule has 0 aliphatic carbocycles. The number of benzene rings is 1. The molecule has 0 saturated carbocycles. The van der Waals surface area contributed by atoms with Crippen molar-refractivity contribution in [3.05, 3.63) is 38.9 Å². The van der Waals surface area contributed by atoms with Crippen molar-refractivity contribution in [1.29, 1.82) is 0 Å². The average Bonchev–Trinajstić information content (AvgIpc) is 3.16. The van der Waals surface area contributed by atoms with Crippen LogP contribution in [0.5, 0.6) is 0 Å². The molecule has 2 aliphatic heterocycles. The number of nitro benzene ring substituents is 1. The first-order valence-corrected chi connectivity index (χ1v) is 9.32. The van der Waals surface area contributed by atoms with E-state index in [0.29, 0.717) is 17.1 Å². The largest absolute Gasteiger partial charge is 0.381 e. The Labute approximate surface area is 155 Å². The SMILES string of the molecule is O=c1[nH]cnc2cc(NC3CCN(CC4CCOC4)CC3)c([N+](=O)[O-])cc12. The summed E-state index contributed by atoms with van der Waals surface area (Å²) in [5.74, 6) is 0.625.